The smallest absolute Gasteiger partial charge is 0.405 e. The molecule has 1 N–H and O–H groups in total. The van der Waals surface area contributed by atoms with E-state index in [1.807, 2.05) is 0 Å². The zero-order chi connectivity index (χ0) is 15.6. The molecule has 6 heteroatoms. The fraction of sp³-hybridized carbons (Fsp3) is 0.625. The molecule has 0 radical (unpaired) electrons. The lowest BCUT2D eigenvalue weighted by Gasteiger charge is -2.43. The molecular formula is C16H21F3N2O. The van der Waals surface area contributed by atoms with Crippen molar-refractivity contribution in [2.75, 3.05) is 26.2 Å². The molecule has 22 heavy (non-hydrogen) atoms. The van der Waals surface area contributed by atoms with Crippen LogP contribution in [0.5, 0.6) is 5.75 Å². The molecule has 1 atom stereocenters. The van der Waals surface area contributed by atoms with Gasteiger partial charge in [-0.3, -0.25) is 4.90 Å². The van der Waals surface area contributed by atoms with Crippen molar-refractivity contribution in [2.45, 2.75) is 31.7 Å². The summed E-state index contributed by atoms with van der Waals surface area (Å²) in [5.41, 5.74) is 0.673. The molecule has 0 spiro atoms. The van der Waals surface area contributed by atoms with E-state index in [1.165, 1.54) is 6.07 Å². The Kier molecular flexibility index (Phi) is 4.59. The largest absolute Gasteiger partial charge is 0.573 e. The third kappa shape index (κ3) is 3.55. The van der Waals surface area contributed by atoms with Gasteiger partial charge in [0.15, 0.2) is 0 Å². The van der Waals surface area contributed by atoms with E-state index in [2.05, 4.69) is 15.0 Å². The van der Waals surface area contributed by atoms with Gasteiger partial charge in [0.25, 0.3) is 0 Å². The fourth-order valence-electron chi connectivity index (χ4n) is 3.41. The van der Waals surface area contributed by atoms with Crippen LogP contribution < -0.4 is 10.1 Å². The number of para-hydroxylation sites is 1. The molecule has 1 saturated carbocycles. The van der Waals surface area contributed by atoms with E-state index in [1.54, 1.807) is 18.2 Å². The summed E-state index contributed by atoms with van der Waals surface area (Å²) >= 11 is 0. The summed E-state index contributed by atoms with van der Waals surface area (Å²) in [7, 11) is 0. The highest BCUT2D eigenvalue weighted by molar-refractivity contribution is 5.37. The highest BCUT2D eigenvalue weighted by Crippen LogP contribution is 2.44. The average Bonchev–Trinajstić information content (AvgIpc) is 2.43. The van der Waals surface area contributed by atoms with Gasteiger partial charge in [0, 0.05) is 37.8 Å². The van der Waals surface area contributed by atoms with Gasteiger partial charge in [-0.15, -0.1) is 13.2 Å². The standard InChI is InChI=1S/C16H21F3N2O/c17-16(18,19)22-14-7-2-1-6-13(14)15(12-4-3-5-12)21-10-8-20-9-11-21/h1-2,6-7,12,15,20H,3-5,8-11H2/t15-/m0/s1. The van der Waals surface area contributed by atoms with Gasteiger partial charge in [0.2, 0.25) is 0 Å². The molecule has 2 fully saturated rings. The molecule has 1 aliphatic heterocycles. The van der Waals surface area contributed by atoms with Gasteiger partial charge in [-0.1, -0.05) is 24.6 Å². The first-order valence-electron chi connectivity index (χ1n) is 7.84. The maximum Gasteiger partial charge on any atom is 0.573 e. The molecule has 1 aliphatic carbocycles. The summed E-state index contributed by atoms with van der Waals surface area (Å²) in [6.07, 6.45) is -1.33. The summed E-state index contributed by atoms with van der Waals surface area (Å²) in [4.78, 5) is 2.30. The highest BCUT2D eigenvalue weighted by atomic mass is 19.4. The number of hydrogen-bond acceptors (Lipinski definition) is 3. The zero-order valence-corrected chi connectivity index (χ0v) is 12.4. The van der Waals surface area contributed by atoms with Crippen molar-refractivity contribution in [3.8, 4) is 5.75 Å². The second-order valence-electron chi connectivity index (χ2n) is 6.01. The normalized spacial score (nSPS) is 22.1. The van der Waals surface area contributed by atoms with Gasteiger partial charge in [-0.05, 0) is 24.8 Å². The van der Waals surface area contributed by atoms with Crippen molar-refractivity contribution >= 4 is 0 Å². The van der Waals surface area contributed by atoms with Crippen LogP contribution in [-0.2, 0) is 0 Å². The molecule has 3 rings (SSSR count). The minimum Gasteiger partial charge on any atom is -0.405 e. The predicted molar refractivity (Wildman–Crippen MR) is 77.6 cm³/mol. The Morgan fingerprint density at radius 2 is 1.82 bits per heavy atom. The number of halogens is 3. The lowest BCUT2D eigenvalue weighted by Crippen LogP contribution is -2.48. The second kappa shape index (κ2) is 6.46. The van der Waals surface area contributed by atoms with Crippen molar-refractivity contribution in [3.63, 3.8) is 0 Å². The van der Waals surface area contributed by atoms with Gasteiger partial charge in [-0.25, -0.2) is 0 Å². The summed E-state index contributed by atoms with van der Waals surface area (Å²) in [5.74, 6) is 0.376. The summed E-state index contributed by atoms with van der Waals surface area (Å²) < 4.78 is 42.3. The highest BCUT2D eigenvalue weighted by Gasteiger charge is 2.38. The molecular weight excluding hydrogens is 293 g/mol. The van der Waals surface area contributed by atoms with Crippen molar-refractivity contribution in [1.82, 2.24) is 10.2 Å². The summed E-state index contributed by atoms with van der Waals surface area (Å²) in [6, 6.07) is 6.63. The van der Waals surface area contributed by atoms with Crippen molar-refractivity contribution in [1.29, 1.82) is 0 Å². The number of nitrogens with one attached hydrogen (secondary N) is 1. The zero-order valence-electron chi connectivity index (χ0n) is 12.4. The maximum atomic E-state index is 12.7. The third-order valence-corrected chi connectivity index (χ3v) is 4.60. The van der Waals surface area contributed by atoms with E-state index < -0.39 is 6.36 Å². The number of ether oxygens (including phenoxy) is 1. The van der Waals surface area contributed by atoms with Gasteiger partial charge in [0.05, 0.1) is 0 Å². The van der Waals surface area contributed by atoms with Crippen LogP contribution in [0.3, 0.4) is 0 Å². The molecule has 1 saturated heterocycles. The number of benzene rings is 1. The maximum absolute atomic E-state index is 12.7. The second-order valence-corrected chi connectivity index (χ2v) is 6.01. The first kappa shape index (κ1) is 15.6. The molecule has 1 aromatic rings. The van der Waals surface area contributed by atoms with E-state index in [-0.39, 0.29) is 11.8 Å². The van der Waals surface area contributed by atoms with Crippen molar-refractivity contribution in [3.05, 3.63) is 29.8 Å². The molecule has 0 unspecified atom stereocenters. The van der Waals surface area contributed by atoms with Crippen LogP contribution in [-0.4, -0.2) is 37.4 Å². The molecule has 1 aromatic carbocycles. The minimum absolute atomic E-state index is 0.0226. The molecule has 3 nitrogen and oxygen atoms in total. The van der Waals surface area contributed by atoms with Gasteiger partial charge in [0.1, 0.15) is 5.75 Å². The lowest BCUT2D eigenvalue weighted by atomic mass is 9.76. The lowest BCUT2D eigenvalue weighted by molar-refractivity contribution is -0.275. The van der Waals surface area contributed by atoms with Crippen LogP contribution in [0.25, 0.3) is 0 Å². The van der Waals surface area contributed by atoms with E-state index in [0.29, 0.717) is 11.5 Å². The van der Waals surface area contributed by atoms with Crippen LogP contribution >= 0.6 is 0 Å². The Hall–Kier alpha value is -1.27. The minimum atomic E-state index is -4.65. The molecule has 122 valence electrons. The quantitative estimate of drug-likeness (QED) is 0.922. The molecule has 1 heterocycles. The predicted octanol–water partition coefficient (Wildman–Crippen LogP) is 3.33. The van der Waals surface area contributed by atoms with E-state index in [0.717, 1.165) is 45.4 Å². The third-order valence-electron chi connectivity index (χ3n) is 4.60. The van der Waals surface area contributed by atoms with Gasteiger partial charge in [-0.2, -0.15) is 0 Å². The van der Waals surface area contributed by atoms with E-state index in [9.17, 15) is 13.2 Å². The number of alkyl halides is 3. The summed E-state index contributed by atoms with van der Waals surface area (Å²) in [6.45, 7) is 3.49. The van der Waals surface area contributed by atoms with Gasteiger partial charge >= 0.3 is 6.36 Å². The first-order chi connectivity index (χ1) is 10.5. The van der Waals surface area contributed by atoms with Crippen LogP contribution in [0.4, 0.5) is 13.2 Å². The number of hydrogen-bond donors (Lipinski definition) is 1. The summed E-state index contributed by atoms with van der Waals surface area (Å²) in [5, 5.41) is 3.30. The molecule has 0 aromatic heterocycles. The molecule has 2 aliphatic rings. The van der Waals surface area contributed by atoms with Crippen molar-refractivity contribution < 1.29 is 17.9 Å². The van der Waals surface area contributed by atoms with E-state index >= 15 is 0 Å². The Bertz CT molecular complexity index is 496. The molecule has 0 bridgehead atoms. The van der Waals surface area contributed by atoms with Gasteiger partial charge < -0.3 is 10.1 Å². The Morgan fingerprint density at radius 1 is 1.14 bits per heavy atom. The first-order valence-corrected chi connectivity index (χ1v) is 7.84. The average molecular weight is 314 g/mol. The van der Waals surface area contributed by atoms with Crippen LogP contribution in [0, 0.1) is 5.92 Å². The monoisotopic (exact) mass is 314 g/mol. The Morgan fingerprint density at radius 3 is 2.41 bits per heavy atom. The topological polar surface area (TPSA) is 24.5 Å². The number of piperazine rings is 1. The molecule has 0 amide bonds. The Labute approximate surface area is 128 Å². The van der Waals surface area contributed by atoms with Crippen molar-refractivity contribution in [2.24, 2.45) is 5.92 Å². The number of nitrogens with zero attached hydrogens (tertiary/aromatic N) is 1. The SMILES string of the molecule is FC(F)(F)Oc1ccccc1[C@H](C1CCC1)N1CCNCC1. The van der Waals surface area contributed by atoms with E-state index in [4.69, 9.17) is 0 Å². The van der Waals surface area contributed by atoms with Crippen LogP contribution in [0.15, 0.2) is 24.3 Å². The number of rotatable bonds is 4. The van der Waals surface area contributed by atoms with Crippen LogP contribution in [0.1, 0.15) is 30.9 Å². The Balaban J connectivity index is 1.89. The van der Waals surface area contributed by atoms with Crippen LogP contribution in [0.2, 0.25) is 0 Å². The fourth-order valence-corrected chi connectivity index (χ4v) is 3.41.